The average molecular weight is 314 g/mol. The summed E-state index contributed by atoms with van der Waals surface area (Å²) in [7, 11) is 4.37. The van der Waals surface area contributed by atoms with E-state index in [2.05, 4.69) is 0 Å². The predicted molar refractivity (Wildman–Crippen MR) is 90.4 cm³/mol. The Hall–Kier alpha value is -2.37. The van der Waals surface area contributed by atoms with Crippen molar-refractivity contribution in [2.75, 3.05) is 7.11 Å². The van der Waals surface area contributed by atoms with E-state index in [0.29, 0.717) is 0 Å². The van der Waals surface area contributed by atoms with Gasteiger partial charge in [-0.15, -0.1) is 0 Å². The molecule has 0 amide bonds. The molecular weight excluding hydrogens is 291 g/mol. The number of carbonyl (C=O) groups is 2. The molecule has 1 heterocycles. The Kier molecular flexibility index (Phi) is 5.37. The Morgan fingerprint density at radius 2 is 1.91 bits per heavy atom. The molecule has 0 aliphatic heterocycles. The van der Waals surface area contributed by atoms with Crippen LogP contribution in [0, 0.1) is 0 Å². The van der Waals surface area contributed by atoms with Crippen LogP contribution in [0.5, 0.6) is 0 Å². The molecule has 0 fully saturated rings. The molecule has 0 radical (unpaired) electrons. The van der Waals surface area contributed by atoms with Crippen LogP contribution in [0.2, 0.25) is 5.82 Å². The number of methoxy groups -OCH3 is 1. The van der Waals surface area contributed by atoms with Gasteiger partial charge in [0.25, 0.3) is 5.97 Å². The molecule has 0 saturated carbocycles. The number of ketones is 1. The molecule has 2 atom stereocenters. The summed E-state index contributed by atoms with van der Waals surface area (Å²) < 4.78 is 9.04. The molecule has 1 aromatic carbocycles. The van der Waals surface area contributed by atoms with Crippen LogP contribution < -0.4 is 10.3 Å². The second-order valence-electron chi connectivity index (χ2n) is 6.17. The van der Waals surface area contributed by atoms with Crippen LogP contribution in [0.3, 0.4) is 0 Å². The summed E-state index contributed by atoms with van der Waals surface area (Å²) in [4.78, 5) is 24.7. The summed E-state index contributed by atoms with van der Waals surface area (Å²) in [5, 5.41) is 0. The third kappa shape index (κ3) is 3.70. The maximum atomic E-state index is 12.4. The molecule has 2 aromatic rings. The minimum absolute atomic E-state index is 0.00721. The molecular formula is C17H23BN2O3. The standard InChI is InChI=1S/C17H23BN2O3/c1-12(21)14(13-8-6-5-7-9-13)15(16(22)23-4)18-17-19(2)10-11-20(17)3/h5-11,14-15H,18H2,1-4H3/t14-,15-/m0/s1. The van der Waals surface area contributed by atoms with Gasteiger partial charge < -0.3 is 4.74 Å². The van der Waals surface area contributed by atoms with Crippen LogP contribution >= 0.6 is 0 Å². The normalized spacial score (nSPS) is 13.4. The number of aryl methyl sites for hydroxylation is 2. The molecule has 0 saturated heterocycles. The van der Waals surface area contributed by atoms with Crippen LogP contribution in [0.4, 0.5) is 0 Å². The Morgan fingerprint density at radius 3 is 2.39 bits per heavy atom. The van der Waals surface area contributed by atoms with Crippen molar-refractivity contribution >= 4 is 24.8 Å². The van der Waals surface area contributed by atoms with Crippen molar-refractivity contribution in [1.82, 2.24) is 4.57 Å². The van der Waals surface area contributed by atoms with Crippen molar-refractivity contribution in [2.24, 2.45) is 14.1 Å². The zero-order valence-corrected chi connectivity index (χ0v) is 14.3. The Labute approximate surface area is 137 Å². The van der Waals surface area contributed by atoms with Crippen LogP contribution in [-0.4, -0.2) is 30.7 Å². The van der Waals surface area contributed by atoms with Crippen LogP contribution in [0.15, 0.2) is 42.7 Å². The first kappa shape index (κ1) is 17.0. The number of hydrogen-bond donors (Lipinski definition) is 0. The third-order valence-electron chi connectivity index (χ3n) is 4.77. The first-order valence-electron chi connectivity index (χ1n) is 7.90. The number of carbonyl (C=O) groups excluding carboxylic acids is 2. The molecule has 0 aliphatic carbocycles. The number of rotatable bonds is 6. The fraction of sp³-hybridized carbons (Fsp3) is 0.353. The maximum absolute atomic E-state index is 12.4. The highest BCUT2D eigenvalue weighted by molar-refractivity contribution is 6.57. The van der Waals surface area contributed by atoms with E-state index < -0.39 is 19.0 Å². The summed E-state index contributed by atoms with van der Waals surface area (Å²) in [6.45, 7) is 1.55. The van der Waals surface area contributed by atoms with Crippen molar-refractivity contribution in [1.29, 1.82) is 0 Å². The van der Waals surface area contributed by atoms with E-state index in [4.69, 9.17) is 4.74 Å². The summed E-state index contributed by atoms with van der Waals surface area (Å²) in [6, 6.07) is 9.49. The monoisotopic (exact) mass is 314 g/mol. The quantitative estimate of drug-likeness (QED) is 0.428. The highest BCUT2D eigenvalue weighted by atomic mass is 16.5. The van der Waals surface area contributed by atoms with Crippen LogP contribution in [0.25, 0.3) is 0 Å². The highest BCUT2D eigenvalue weighted by Gasteiger charge is 2.31. The molecule has 0 unspecified atom stereocenters. The van der Waals surface area contributed by atoms with E-state index in [9.17, 15) is 9.59 Å². The molecule has 5 nitrogen and oxygen atoms in total. The van der Waals surface area contributed by atoms with Crippen molar-refractivity contribution in [2.45, 2.75) is 18.7 Å². The van der Waals surface area contributed by atoms with E-state index >= 15 is 0 Å². The number of esters is 1. The third-order valence-corrected chi connectivity index (χ3v) is 4.77. The second kappa shape index (κ2) is 7.27. The lowest BCUT2D eigenvalue weighted by atomic mass is 9.56. The van der Waals surface area contributed by atoms with Gasteiger partial charge in [0.2, 0.25) is 0 Å². The Bertz CT molecular complexity index is 678. The van der Waals surface area contributed by atoms with E-state index in [0.717, 1.165) is 11.3 Å². The zero-order chi connectivity index (χ0) is 17.0. The molecule has 1 aromatic heterocycles. The summed E-state index contributed by atoms with van der Waals surface area (Å²) in [6.07, 6.45) is 3.91. The number of aromatic nitrogens is 2. The molecule has 0 bridgehead atoms. The SMILES string of the molecule is COC(=O)[C@@H]([BH2-]c1n(C)cc[n+]1C)[C@@H](C(C)=O)c1ccccc1. The maximum Gasteiger partial charge on any atom is 0.274 e. The van der Waals surface area contributed by atoms with Gasteiger partial charge in [-0.1, -0.05) is 30.3 Å². The number of ether oxygens (including phenoxy) is 1. The fourth-order valence-electron chi connectivity index (χ4n) is 3.49. The Morgan fingerprint density at radius 1 is 1.26 bits per heavy atom. The van der Waals surface area contributed by atoms with E-state index in [-0.39, 0.29) is 11.8 Å². The van der Waals surface area contributed by atoms with Gasteiger partial charge >= 0.3 is 0 Å². The lowest BCUT2D eigenvalue weighted by Crippen LogP contribution is -2.52. The molecule has 6 heteroatoms. The fourth-order valence-corrected chi connectivity index (χ4v) is 3.49. The largest absolute Gasteiger partial charge is 0.471 e. The zero-order valence-electron chi connectivity index (χ0n) is 14.3. The molecule has 0 aliphatic rings. The van der Waals surface area contributed by atoms with Crippen molar-refractivity contribution in [3.63, 3.8) is 0 Å². The highest BCUT2D eigenvalue weighted by Crippen LogP contribution is 2.30. The first-order chi connectivity index (χ1) is 11.0. The van der Waals surface area contributed by atoms with Gasteiger partial charge in [-0.3, -0.25) is 18.7 Å². The van der Waals surface area contributed by atoms with E-state index in [1.807, 2.05) is 66.0 Å². The first-order valence-corrected chi connectivity index (χ1v) is 7.90. The Balaban J connectivity index is 2.44. The number of Topliss-reactive ketones (excluding diaryl/α,β-unsaturated/α-hetero) is 1. The minimum Gasteiger partial charge on any atom is -0.471 e. The lowest BCUT2D eigenvalue weighted by molar-refractivity contribution is -0.653. The van der Waals surface area contributed by atoms with Crippen molar-refractivity contribution < 1.29 is 18.9 Å². The van der Waals surface area contributed by atoms with Gasteiger partial charge in [-0.25, -0.2) is 0 Å². The van der Waals surface area contributed by atoms with Crippen LogP contribution in [0.1, 0.15) is 18.4 Å². The molecule has 0 spiro atoms. The van der Waals surface area contributed by atoms with Gasteiger partial charge in [0.05, 0.1) is 26.9 Å². The van der Waals surface area contributed by atoms with Crippen LogP contribution in [-0.2, 0) is 28.4 Å². The molecule has 0 N–H and O–H groups in total. The molecule has 23 heavy (non-hydrogen) atoms. The smallest absolute Gasteiger partial charge is 0.274 e. The van der Waals surface area contributed by atoms with Crippen molar-refractivity contribution in [3.8, 4) is 0 Å². The second-order valence-corrected chi connectivity index (χ2v) is 6.17. The van der Waals surface area contributed by atoms with Gasteiger partial charge in [0.1, 0.15) is 25.5 Å². The van der Waals surface area contributed by atoms with Crippen molar-refractivity contribution in [3.05, 3.63) is 48.3 Å². The molecule has 2 rings (SSSR count). The lowest BCUT2D eigenvalue weighted by Gasteiger charge is -2.27. The van der Waals surface area contributed by atoms with Gasteiger partial charge in [-0.2, -0.15) is 0 Å². The van der Waals surface area contributed by atoms with Gasteiger partial charge in [-0.05, 0) is 18.3 Å². The predicted octanol–water partition coefficient (Wildman–Crippen LogP) is -0.0220. The number of imidazole rings is 1. The summed E-state index contributed by atoms with van der Waals surface area (Å²) in [5.74, 6) is -1.21. The van der Waals surface area contributed by atoms with Gasteiger partial charge in [0, 0.05) is 5.92 Å². The summed E-state index contributed by atoms with van der Waals surface area (Å²) >= 11 is 0. The van der Waals surface area contributed by atoms with E-state index in [1.165, 1.54) is 7.11 Å². The average Bonchev–Trinajstić information content (AvgIpc) is 2.86. The van der Waals surface area contributed by atoms with Gasteiger partial charge in [0.15, 0.2) is 0 Å². The summed E-state index contributed by atoms with van der Waals surface area (Å²) in [5.41, 5.74) is 1.96. The topological polar surface area (TPSA) is 52.2 Å². The van der Waals surface area contributed by atoms with E-state index in [1.54, 1.807) is 6.92 Å². The number of hydrogen-bond acceptors (Lipinski definition) is 3. The number of nitrogens with zero attached hydrogens (tertiary/aromatic N) is 2. The number of benzene rings is 1. The minimum atomic E-state index is -0.924. The molecule has 122 valence electrons.